The Morgan fingerprint density at radius 1 is 1.29 bits per heavy atom. The molecule has 0 aromatic carbocycles. The molecule has 2 aliphatic rings. The predicted octanol–water partition coefficient (Wildman–Crippen LogP) is 2.65. The molecule has 0 radical (unpaired) electrons. The summed E-state index contributed by atoms with van der Waals surface area (Å²) in [6, 6.07) is 5.12. The highest BCUT2D eigenvalue weighted by molar-refractivity contribution is 6.28. The molecule has 0 aliphatic carbocycles. The highest BCUT2D eigenvalue weighted by Gasteiger charge is 2.34. The molecule has 3 nitrogen and oxygen atoms in total. The van der Waals surface area contributed by atoms with Gasteiger partial charge in [-0.1, -0.05) is 6.42 Å². The van der Waals surface area contributed by atoms with Crippen molar-refractivity contribution in [2.45, 2.75) is 44.3 Å². The zero-order valence-electron chi connectivity index (χ0n) is 9.99. The van der Waals surface area contributed by atoms with Crippen molar-refractivity contribution in [1.82, 2.24) is 10.2 Å². The van der Waals surface area contributed by atoms with E-state index < -0.39 is 0 Å². The largest absolute Gasteiger partial charge is 0.448 e. The molecule has 2 aliphatic heterocycles. The molecule has 17 heavy (non-hydrogen) atoms. The Bertz CT molecular complexity index is 379. The first-order valence-electron chi connectivity index (χ1n) is 6.54. The summed E-state index contributed by atoms with van der Waals surface area (Å²) >= 11 is 5.76. The minimum Gasteiger partial charge on any atom is -0.448 e. The number of piperidine rings is 1. The fraction of sp³-hybridized carbons (Fsp3) is 0.692. The van der Waals surface area contributed by atoms with Crippen LogP contribution in [0, 0.1) is 0 Å². The lowest BCUT2D eigenvalue weighted by Crippen LogP contribution is -2.44. The zero-order chi connectivity index (χ0) is 11.7. The van der Waals surface area contributed by atoms with Crippen molar-refractivity contribution in [3.8, 4) is 0 Å². The van der Waals surface area contributed by atoms with Crippen molar-refractivity contribution < 1.29 is 4.42 Å². The summed E-state index contributed by atoms with van der Waals surface area (Å²) < 4.78 is 5.37. The second kappa shape index (κ2) is 5.01. The molecule has 1 aromatic rings. The summed E-state index contributed by atoms with van der Waals surface area (Å²) in [5.74, 6) is 0.934. The van der Waals surface area contributed by atoms with Crippen LogP contribution < -0.4 is 5.32 Å². The SMILES string of the molecule is Clc1ccc(CNC2CCN3CCCCC23)o1. The number of furan rings is 1. The van der Waals surface area contributed by atoms with Crippen molar-refractivity contribution >= 4 is 11.6 Å². The fourth-order valence-electron chi connectivity index (χ4n) is 3.16. The maximum absolute atomic E-state index is 5.76. The number of rotatable bonds is 3. The Kier molecular flexibility index (Phi) is 3.41. The van der Waals surface area contributed by atoms with Gasteiger partial charge >= 0.3 is 0 Å². The zero-order valence-corrected chi connectivity index (χ0v) is 10.7. The van der Waals surface area contributed by atoms with Gasteiger partial charge in [0, 0.05) is 18.6 Å². The van der Waals surface area contributed by atoms with Crippen LogP contribution in [0.15, 0.2) is 16.5 Å². The van der Waals surface area contributed by atoms with Gasteiger partial charge < -0.3 is 9.73 Å². The second-order valence-electron chi connectivity index (χ2n) is 5.08. The van der Waals surface area contributed by atoms with Gasteiger partial charge in [0.05, 0.1) is 6.54 Å². The van der Waals surface area contributed by atoms with Gasteiger partial charge in [-0.25, -0.2) is 0 Å². The molecule has 94 valence electrons. The molecule has 0 saturated carbocycles. The lowest BCUT2D eigenvalue weighted by molar-refractivity contribution is 0.179. The Balaban J connectivity index is 1.55. The first kappa shape index (κ1) is 11.6. The van der Waals surface area contributed by atoms with Gasteiger partial charge in [0.2, 0.25) is 0 Å². The summed E-state index contributed by atoms with van der Waals surface area (Å²) in [6.45, 7) is 3.33. The van der Waals surface area contributed by atoms with Crippen LogP contribution in [0.4, 0.5) is 0 Å². The molecule has 2 fully saturated rings. The van der Waals surface area contributed by atoms with E-state index in [9.17, 15) is 0 Å². The monoisotopic (exact) mass is 254 g/mol. The van der Waals surface area contributed by atoms with E-state index in [-0.39, 0.29) is 0 Å². The first-order chi connectivity index (χ1) is 8.33. The van der Waals surface area contributed by atoms with Gasteiger partial charge in [-0.15, -0.1) is 0 Å². The van der Waals surface area contributed by atoms with Crippen LogP contribution in [-0.4, -0.2) is 30.1 Å². The number of nitrogens with one attached hydrogen (secondary N) is 1. The Labute approximate surface area is 107 Å². The van der Waals surface area contributed by atoms with Crippen LogP contribution >= 0.6 is 11.6 Å². The molecule has 0 amide bonds. The highest BCUT2D eigenvalue weighted by atomic mass is 35.5. The number of halogens is 1. The van der Waals surface area contributed by atoms with Crippen molar-refractivity contribution in [2.24, 2.45) is 0 Å². The van der Waals surface area contributed by atoms with E-state index in [1.165, 1.54) is 38.8 Å². The molecule has 3 rings (SSSR count). The summed E-state index contributed by atoms with van der Waals surface area (Å²) in [6.07, 6.45) is 5.36. The molecule has 2 saturated heterocycles. The summed E-state index contributed by atoms with van der Waals surface area (Å²) in [5.41, 5.74) is 0. The second-order valence-corrected chi connectivity index (χ2v) is 5.45. The average molecular weight is 255 g/mol. The van der Waals surface area contributed by atoms with Crippen LogP contribution in [0.3, 0.4) is 0 Å². The fourth-order valence-corrected chi connectivity index (χ4v) is 3.33. The van der Waals surface area contributed by atoms with Crippen molar-refractivity contribution in [2.75, 3.05) is 13.1 Å². The average Bonchev–Trinajstić information content (AvgIpc) is 2.93. The van der Waals surface area contributed by atoms with E-state index in [1.807, 2.05) is 6.07 Å². The third-order valence-corrected chi connectivity index (χ3v) is 4.23. The Hall–Kier alpha value is -0.510. The van der Waals surface area contributed by atoms with Gasteiger partial charge in [-0.05, 0) is 49.5 Å². The quantitative estimate of drug-likeness (QED) is 0.899. The van der Waals surface area contributed by atoms with E-state index in [0.717, 1.165) is 18.3 Å². The summed E-state index contributed by atoms with van der Waals surface area (Å²) in [7, 11) is 0. The minimum absolute atomic E-state index is 0.479. The lowest BCUT2D eigenvalue weighted by Gasteiger charge is -2.32. The Morgan fingerprint density at radius 2 is 2.24 bits per heavy atom. The third kappa shape index (κ3) is 2.51. The first-order valence-corrected chi connectivity index (χ1v) is 6.92. The van der Waals surface area contributed by atoms with Crippen molar-refractivity contribution in [1.29, 1.82) is 0 Å². The summed E-state index contributed by atoms with van der Waals surface area (Å²) in [5, 5.41) is 4.10. The van der Waals surface area contributed by atoms with E-state index in [0.29, 0.717) is 11.3 Å². The smallest absolute Gasteiger partial charge is 0.193 e. The van der Waals surface area contributed by atoms with E-state index in [1.54, 1.807) is 6.07 Å². The number of hydrogen-bond acceptors (Lipinski definition) is 3. The maximum Gasteiger partial charge on any atom is 0.193 e. The number of hydrogen-bond donors (Lipinski definition) is 1. The standard InChI is InChI=1S/C13H19ClN2O/c14-13-5-4-10(17-13)9-15-11-6-8-16-7-2-1-3-12(11)16/h4-5,11-12,15H,1-3,6-9H2. The minimum atomic E-state index is 0.479. The van der Waals surface area contributed by atoms with Gasteiger partial charge in [-0.3, -0.25) is 4.90 Å². The van der Waals surface area contributed by atoms with Crippen molar-refractivity contribution in [3.63, 3.8) is 0 Å². The predicted molar refractivity (Wildman–Crippen MR) is 68.2 cm³/mol. The van der Waals surface area contributed by atoms with E-state index >= 15 is 0 Å². The van der Waals surface area contributed by atoms with Crippen LogP contribution in [-0.2, 0) is 6.54 Å². The molecule has 0 spiro atoms. The molecule has 3 heterocycles. The molecule has 0 bridgehead atoms. The van der Waals surface area contributed by atoms with Crippen LogP contribution in [0.25, 0.3) is 0 Å². The van der Waals surface area contributed by atoms with Gasteiger partial charge in [-0.2, -0.15) is 0 Å². The van der Waals surface area contributed by atoms with E-state index in [2.05, 4.69) is 10.2 Å². The molecular formula is C13H19ClN2O. The molecule has 4 heteroatoms. The molecule has 2 atom stereocenters. The van der Waals surface area contributed by atoms with Crippen LogP contribution in [0.5, 0.6) is 0 Å². The normalized spacial score (nSPS) is 29.5. The Morgan fingerprint density at radius 3 is 3.06 bits per heavy atom. The molecule has 2 unspecified atom stereocenters. The number of fused-ring (bicyclic) bond motifs is 1. The molecule has 1 N–H and O–H groups in total. The summed E-state index contributed by atoms with van der Waals surface area (Å²) in [4.78, 5) is 2.64. The molecular weight excluding hydrogens is 236 g/mol. The molecule has 1 aromatic heterocycles. The third-order valence-electron chi connectivity index (χ3n) is 4.02. The topological polar surface area (TPSA) is 28.4 Å². The highest BCUT2D eigenvalue weighted by Crippen LogP contribution is 2.27. The number of nitrogens with zero attached hydrogens (tertiary/aromatic N) is 1. The van der Waals surface area contributed by atoms with Gasteiger partial charge in [0.25, 0.3) is 0 Å². The lowest BCUT2D eigenvalue weighted by atomic mass is 9.99. The van der Waals surface area contributed by atoms with E-state index in [4.69, 9.17) is 16.0 Å². The van der Waals surface area contributed by atoms with Crippen LogP contribution in [0.1, 0.15) is 31.4 Å². The van der Waals surface area contributed by atoms with Crippen molar-refractivity contribution in [3.05, 3.63) is 23.1 Å². The van der Waals surface area contributed by atoms with Gasteiger partial charge in [0.1, 0.15) is 5.76 Å². The van der Waals surface area contributed by atoms with Gasteiger partial charge in [0.15, 0.2) is 5.22 Å². The maximum atomic E-state index is 5.76. The van der Waals surface area contributed by atoms with Crippen LogP contribution in [0.2, 0.25) is 5.22 Å².